The molecule has 0 radical (unpaired) electrons. The van der Waals surface area contributed by atoms with E-state index in [-0.39, 0.29) is 6.04 Å². The fourth-order valence-corrected chi connectivity index (χ4v) is 5.15. The average Bonchev–Trinajstić information content (AvgIpc) is 3.60. The van der Waals surface area contributed by atoms with E-state index < -0.39 is 0 Å². The summed E-state index contributed by atoms with van der Waals surface area (Å²) in [5, 5.41) is 11.8. The van der Waals surface area contributed by atoms with Crippen LogP contribution in [0.4, 0.5) is 5.82 Å². The minimum Gasteiger partial charge on any atom is -0.352 e. The summed E-state index contributed by atoms with van der Waals surface area (Å²) < 4.78 is 0. The Labute approximate surface area is 197 Å². The van der Waals surface area contributed by atoms with Crippen LogP contribution in [-0.2, 0) is 0 Å². The van der Waals surface area contributed by atoms with E-state index in [1.807, 2.05) is 18.5 Å². The van der Waals surface area contributed by atoms with Gasteiger partial charge < -0.3 is 15.6 Å². The molecule has 10 heteroatoms. The van der Waals surface area contributed by atoms with Crippen LogP contribution in [0.15, 0.2) is 60.6 Å². The summed E-state index contributed by atoms with van der Waals surface area (Å²) in [6.45, 7) is 1.58. The molecule has 4 N–H and O–H groups in total. The Morgan fingerprint density at radius 2 is 1.88 bits per heavy atom. The van der Waals surface area contributed by atoms with Crippen molar-refractivity contribution in [3.05, 3.63) is 60.6 Å². The third kappa shape index (κ3) is 3.07. The Kier molecular flexibility index (Phi) is 4.23. The van der Waals surface area contributed by atoms with Crippen molar-refractivity contribution in [1.82, 2.24) is 35.1 Å². The maximum absolute atomic E-state index is 5.92. The Morgan fingerprint density at radius 3 is 2.74 bits per heavy atom. The SMILES string of the molecule is NC1CN(c2cncc(-c3cc4c(-c5cc6c(-c7cccs7)cncc6[nH]5)n[nH]c4cn3)n2)C1. The largest absolute Gasteiger partial charge is 0.352 e. The maximum atomic E-state index is 5.92. The third-order valence-electron chi connectivity index (χ3n) is 6.15. The molecule has 1 saturated heterocycles. The zero-order chi connectivity index (χ0) is 22.6. The highest BCUT2D eigenvalue weighted by Crippen LogP contribution is 2.35. The molecular formula is C24H19N9S. The van der Waals surface area contributed by atoms with E-state index in [9.17, 15) is 0 Å². The molecule has 166 valence electrons. The number of fused-ring (bicyclic) bond motifs is 2. The lowest BCUT2D eigenvalue weighted by molar-refractivity contribution is 0.514. The fourth-order valence-electron chi connectivity index (χ4n) is 4.40. The van der Waals surface area contributed by atoms with Crippen LogP contribution in [0.25, 0.3) is 55.0 Å². The molecule has 0 bridgehead atoms. The van der Waals surface area contributed by atoms with Crippen LogP contribution >= 0.6 is 11.3 Å². The number of hydrogen-bond donors (Lipinski definition) is 3. The second-order valence-corrected chi connectivity index (χ2v) is 9.37. The van der Waals surface area contributed by atoms with Crippen molar-refractivity contribution in [1.29, 1.82) is 0 Å². The highest BCUT2D eigenvalue weighted by Gasteiger charge is 2.25. The number of aromatic nitrogens is 7. The van der Waals surface area contributed by atoms with Crippen molar-refractivity contribution >= 4 is 39.0 Å². The van der Waals surface area contributed by atoms with E-state index in [1.54, 1.807) is 29.9 Å². The highest BCUT2D eigenvalue weighted by molar-refractivity contribution is 7.13. The average molecular weight is 466 g/mol. The summed E-state index contributed by atoms with van der Waals surface area (Å²) in [4.78, 5) is 25.0. The summed E-state index contributed by atoms with van der Waals surface area (Å²) in [7, 11) is 0. The van der Waals surface area contributed by atoms with Crippen LogP contribution in [0.5, 0.6) is 0 Å². The van der Waals surface area contributed by atoms with Gasteiger partial charge in [-0.1, -0.05) is 6.07 Å². The first-order chi connectivity index (χ1) is 16.7. The Balaban J connectivity index is 1.31. The summed E-state index contributed by atoms with van der Waals surface area (Å²) in [6.07, 6.45) is 9.05. The Hall–Kier alpha value is -4.15. The van der Waals surface area contributed by atoms with E-state index in [0.717, 1.165) is 63.4 Å². The topological polar surface area (TPSA) is 125 Å². The first-order valence-electron chi connectivity index (χ1n) is 10.9. The van der Waals surface area contributed by atoms with Crippen LogP contribution in [0.2, 0.25) is 0 Å². The Morgan fingerprint density at radius 1 is 0.971 bits per heavy atom. The van der Waals surface area contributed by atoms with Crippen molar-refractivity contribution in [3.8, 4) is 33.2 Å². The smallest absolute Gasteiger partial charge is 0.147 e. The lowest BCUT2D eigenvalue weighted by Gasteiger charge is -2.37. The van der Waals surface area contributed by atoms with Crippen molar-refractivity contribution in [2.24, 2.45) is 5.73 Å². The van der Waals surface area contributed by atoms with Gasteiger partial charge in [0.1, 0.15) is 17.2 Å². The van der Waals surface area contributed by atoms with Gasteiger partial charge in [0.15, 0.2) is 0 Å². The molecule has 6 aromatic heterocycles. The molecule has 7 heterocycles. The molecular weight excluding hydrogens is 446 g/mol. The van der Waals surface area contributed by atoms with E-state index in [1.165, 1.54) is 4.88 Å². The van der Waals surface area contributed by atoms with Gasteiger partial charge in [0.25, 0.3) is 0 Å². The van der Waals surface area contributed by atoms with Crippen LogP contribution in [0, 0.1) is 0 Å². The summed E-state index contributed by atoms with van der Waals surface area (Å²) in [6, 6.07) is 8.50. The van der Waals surface area contributed by atoms with E-state index in [2.05, 4.69) is 58.6 Å². The van der Waals surface area contributed by atoms with Gasteiger partial charge in [-0.25, -0.2) is 4.98 Å². The number of thiophene rings is 1. The van der Waals surface area contributed by atoms with E-state index in [0.29, 0.717) is 5.69 Å². The van der Waals surface area contributed by atoms with E-state index in [4.69, 9.17) is 10.7 Å². The standard InChI is InChI=1S/C24H19N9S/c25-13-11-33(12-13)23-10-27-8-21(30-23)17-5-15-20(9-28-17)31-32-24(15)18-4-14-16(22-2-1-3-34-22)6-26-7-19(14)29-18/h1-10,13,29H,11-12,25H2,(H,31,32). The lowest BCUT2D eigenvalue weighted by Crippen LogP contribution is -2.56. The minimum absolute atomic E-state index is 0.195. The third-order valence-corrected chi connectivity index (χ3v) is 7.06. The second-order valence-electron chi connectivity index (χ2n) is 8.42. The summed E-state index contributed by atoms with van der Waals surface area (Å²) in [5.74, 6) is 0.817. The van der Waals surface area contributed by atoms with Gasteiger partial charge in [0.2, 0.25) is 0 Å². The number of nitrogens with two attached hydrogens (primary N) is 1. The number of H-pyrrole nitrogens is 2. The Bertz CT molecular complexity index is 1640. The van der Waals surface area contributed by atoms with Gasteiger partial charge in [-0.05, 0) is 23.6 Å². The van der Waals surface area contributed by atoms with Gasteiger partial charge >= 0.3 is 0 Å². The molecule has 0 aromatic carbocycles. The molecule has 0 saturated carbocycles. The fraction of sp³-hybridized carbons (Fsp3) is 0.125. The zero-order valence-electron chi connectivity index (χ0n) is 17.9. The molecule has 6 aromatic rings. The number of nitrogens with zero attached hydrogens (tertiary/aromatic N) is 6. The monoisotopic (exact) mass is 465 g/mol. The zero-order valence-corrected chi connectivity index (χ0v) is 18.8. The minimum atomic E-state index is 0.195. The first kappa shape index (κ1) is 19.3. The predicted octanol–water partition coefficient (Wildman–Crippen LogP) is 3.83. The number of aromatic amines is 2. The predicted molar refractivity (Wildman–Crippen MR) is 134 cm³/mol. The molecule has 7 rings (SSSR count). The van der Waals surface area contributed by atoms with Crippen molar-refractivity contribution in [3.63, 3.8) is 0 Å². The molecule has 1 aliphatic rings. The van der Waals surface area contributed by atoms with Gasteiger partial charge in [-0.3, -0.25) is 20.1 Å². The van der Waals surface area contributed by atoms with Crippen LogP contribution < -0.4 is 10.6 Å². The number of anilines is 1. The second kappa shape index (κ2) is 7.44. The van der Waals surface area contributed by atoms with Crippen LogP contribution in [0.3, 0.4) is 0 Å². The molecule has 0 unspecified atom stereocenters. The molecule has 0 aliphatic carbocycles. The van der Waals surface area contributed by atoms with Crippen molar-refractivity contribution < 1.29 is 0 Å². The van der Waals surface area contributed by atoms with Crippen molar-refractivity contribution in [2.45, 2.75) is 6.04 Å². The molecule has 0 atom stereocenters. The number of rotatable bonds is 4. The maximum Gasteiger partial charge on any atom is 0.147 e. The lowest BCUT2D eigenvalue weighted by atomic mass is 10.1. The summed E-state index contributed by atoms with van der Waals surface area (Å²) in [5.41, 5.74) is 12.1. The van der Waals surface area contributed by atoms with Gasteiger partial charge in [-0.15, -0.1) is 11.3 Å². The number of nitrogens with one attached hydrogen (secondary N) is 2. The van der Waals surface area contributed by atoms with E-state index >= 15 is 0 Å². The molecule has 34 heavy (non-hydrogen) atoms. The molecule has 1 aliphatic heterocycles. The van der Waals surface area contributed by atoms with Gasteiger partial charge in [0.05, 0.1) is 47.2 Å². The van der Waals surface area contributed by atoms with Gasteiger partial charge in [-0.2, -0.15) is 5.10 Å². The number of pyridine rings is 2. The van der Waals surface area contributed by atoms with Crippen LogP contribution in [0.1, 0.15) is 0 Å². The van der Waals surface area contributed by atoms with Crippen LogP contribution in [-0.4, -0.2) is 54.2 Å². The molecule has 0 spiro atoms. The number of hydrogen-bond acceptors (Lipinski definition) is 8. The highest BCUT2D eigenvalue weighted by atomic mass is 32.1. The quantitative estimate of drug-likeness (QED) is 0.361. The van der Waals surface area contributed by atoms with Gasteiger partial charge in [0, 0.05) is 46.5 Å². The molecule has 9 nitrogen and oxygen atoms in total. The summed E-state index contributed by atoms with van der Waals surface area (Å²) >= 11 is 1.70. The molecule has 1 fully saturated rings. The molecule has 0 amide bonds. The first-order valence-corrected chi connectivity index (χ1v) is 11.8. The normalized spacial score (nSPS) is 14.2. The van der Waals surface area contributed by atoms with Crippen molar-refractivity contribution in [2.75, 3.05) is 18.0 Å².